The van der Waals surface area contributed by atoms with Gasteiger partial charge in [-0.3, -0.25) is 4.79 Å². The predicted octanol–water partition coefficient (Wildman–Crippen LogP) is 5.53. The number of carbonyl (C=O) groups is 1. The molecule has 6 nitrogen and oxygen atoms in total. The zero-order valence-corrected chi connectivity index (χ0v) is 19.2. The molecule has 4 aromatic rings. The summed E-state index contributed by atoms with van der Waals surface area (Å²) in [7, 11) is 0. The van der Waals surface area contributed by atoms with Crippen LogP contribution in [0.15, 0.2) is 93.0 Å². The third-order valence-electron chi connectivity index (χ3n) is 4.45. The Morgan fingerprint density at radius 1 is 1.03 bits per heavy atom. The summed E-state index contributed by atoms with van der Waals surface area (Å²) in [4.78, 5) is 12.9. The van der Waals surface area contributed by atoms with Crippen LogP contribution in [-0.4, -0.2) is 27.0 Å². The van der Waals surface area contributed by atoms with Gasteiger partial charge >= 0.3 is 0 Å². The van der Waals surface area contributed by atoms with Gasteiger partial charge in [-0.15, -0.1) is 0 Å². The molecular formula is C23H16Br2N4O2. The lowest BCUT2D eigenvalue weighted by atomic mass is 10.1. The van der Waals surface area contributed by atoms with Gasteiger partial charge < -0.3 is 5.11 Å². The highest BCUT2D eigenvalue weighted by atomic mass is 79.9. The predicted molar refractivity (Wildman–Crippen MR) is 128 cm³/mol. The first-order valence-electron chi connectivity index (χ1n) is 9.25. The molecule has 1 aromatic heterocycles. The van der Waals surface area contributed by atoms with Gasteiger partial charge in [0.25, 0.3) is 5.91 Å². The molecule has 0 radical (unpaired) electrons. The molecule has 0 aliphatic rings. The number of para-hydroxylation sites is 1. The van der Waals surface area contributed by atoms with Crippen molar-refractivity contribution in [2.24, 2.45) is 5.10 Å². The van der Waals surface area contributed by atoms with Crippen LogP contribution in [0.5, 0.6) is 5.75 Å². The number of halogens is 2. The van der Waals surface area contributed by atoms with Crippen molar-refractivity contribution >= 4 is 44.0 Å². The summed E-state index contributed by atoms with van der Waals surface area (Å²) >= 11 is 6.64. The largest absolute Gasteiger partial charge is 0.506 e. The maximum absolute atomic E-state index is 12.9. The number of amides is 1. The van der Waals surface area contributed by atoms with Gasteiger partial charge in [0.05, 0.1) is 21.9 Å². The number of nitrogens with one attached hydrogen (secondary N) is 1. The first kappa shape index (κ1) is 21.0. The van der Waals surface area contributed by atoms with E-state index in [4.69, 9.17) is 0 Å². The van der Waals surface area contributed by atoms with Crippen molar-refractivity contribution in [2.45, 2.75) is 0 Å². The number of hydrogen-bond acceptors (Lipinski definition) is 4. The lowest BCUT2D eigenvalue weighted by Gasteiger charge is -2.03. The van der Waals surface area contributed by atoms with Gasteiger partial charge in [0.1, 0.15) is 11.4 Å². The van der Waals surface area contributed by atoms with E-state index in [9.17, 15) is 9.90 Å². The number of aromatic hydroxyl groups is 1. The van der Waals surface area contributed by atoms with E-state index in [0.717, 1.165) is 15.7 Å². The molecule has 0 saturated heterocycles. The highest BCUT2D eigenvalue weighted by Crippen LogP contribution is 2.30. The van der Waals surface area contributed by atoms with Crippen molar-refractivity contribution in [2.75, 3.05) is 0 Å². The van der Waals surface area contributed by atoms with Crippen LogP contribution in [0.25, 0.3) is 16.9 Å². The maximum atomic E-state index is 12.9. The quantitative estimate of drug-likeness (QED) is 0.258. The van der Waals surface area contributed by atoms with E-state index in [1.807, 2.05) is 60.7 Å². The molecule has 0 aliphatic heterocycles. The van der Waals surface area contributed by atoms with E-state index in [2.05, 4.69) is 47.5 Å². The van der Waals surface area contributed by atoms with Crippen LogP contribution in [0.2, 0.25) is 0 Å². The third-order valence-corrected chi connectivity index (χ3v) is 5.52. The fourth-order valence-electron chi connectivity index (χ4n) is 2.97. The van der Waals surface area contributed by atoms with E-state index in [-0.39, 0.29) is 5.75 Å². The highest BCUT2D eigenvalue weighted by molar-refractivity contribution is 9.11. The third kappa shape index (κ3) is 4.76. The fourth-order valence-corrected chi connectivity index (χ4v) is 4.23. The molecule has 0 aliphatic carbocycles. The second kappa shape index (κ2) is 9.28. The molecule has 4 rings (SSSR count). The van der Waals surface area contributed by atoms with Crippen LogP contribution in [0.3, 0.4) is 0 Å². The first-order valence-corrected chi connectivity index (χ1v) is 10.8. The monoisotopic (exact) mass is 538 g/mol. The van der Waals surface area contributed by atoms with Crippen LogP contribution in [0.4, 0.5) is 0 Å². The highest BCUT2D eigenvalue weighted by Gasteiger charge is 2.18. The molecule has 154 valence electrons. The molecule has 31 heavy (non-hydrogen) atoms. The Hall–Kier alpha value is -3.23. The number of rotatable bonds is 5. The van der Waals surface area contributed by atoms with Gasteiger partial charge in [0, 0.05) is 21.8 Å². The van der Waals surface area contributed by atoms with Crippen molar-refractivity contribution in [1.82, 2.24) is 15.2 Å². The van der Waals surface area contributed by atoms with Gasteiger partial charge in [-0.2, -0.15) is 10.2 Å². The minimum Gasteiger partial charge on any atom is -0.506 e. The van der Waals surface area contributed by atoms with Crippen LogP contribution in [0, 0.1) is 0 Å². The SMILES string of the molecule is O=C(NN=Cc1cc(Br)cc(Br)c1O)c1cn(-c2ccccc2)nc1-c1ccccc1. The van der Waals surface area contributed by atoms with E-state index in [1.54, 1.807) is 23.0 Å². The molecule has 8 heteroatoms. The number of hydrazone groups is 1. The average Bonchev–Trinajstić information content (AvgIpc) is 3.24. The van der Waals surface area contributed by atoms with E-state index >= 15 is 0 Å². The van der Waals surface area contributed by atoms with Crippen molar-refractivity contribution in [3.8, 4) is 22.7 Å². The Bertz CT molecular complexity index is 1260. The average molecular weight is 540 g/mol. The Labute approximate surface area is 195 Å². The van der Waals surface area contributed by atoms with Crippen LogP contribution in [0.1, 0.15) is 15.9 Å². The van der Waals surface area contributed by atoms with Gasteiger partial charge in [0.15, 0.2) is 0 Å². The second-order valence-corrected chi connectivity index (χ2v) is 8.33. The Morgan fingerprint density at radius 2 is 1.71 bits per heavy atom. The second-order valence-electron chi connectivity index (χ2n) is 6.56. The maximum Gasteiger partial charge on any atom is 0.275 e. The van der Waals surface area contributed by atoms with E-state index in [0.29, 0.717) is 21.3 Å². The summed E-state index contributed by atoms with van der Waals surface area (Å²) in [5, 5.41) is 18.8. The first-order chi connectivity index (χ1) is 15.0. The van der Waals surface area contributed by atoms with Crippen molar-refractivity contribution in [3.63, 3.8) is 0 Å². The summed E-state index contributed by atoms with van der Waals surface area (Å²) < 4.78 is 2.95. The summed E-state index contributed by atoms with van der Waals surface area (Å²) in [6, 6.07) is 22.5. The minimum atomic E-state index is -0.411. The van der Waals surface area contributed by atoms with Gasteiger partial charge in [-0.25, -0.2) is 10.1 Å². The zero-order chi connectivity index (χ0) is 21.8. The number of carbonyl (C=O) groups excluding carboxylic acids is 1. The molecule has 0 spiro atoms. The molecule has 1 heterocycles. The lowest BCUT2D eigenvalue weighted by molar-refractivity contribution is 0.0955. The van der Waals surface area contributed by atoms with Crippen molar-refractivity contribution in [1.29, 1.82) is 0 Å². The smallest absolute Gasteiger partial charge is 0.275 e. The number of hydrogen-bond donors (Lipinski definition) is 2. The molecule has 0 saturated carbocycles. The standard InChI is InChI=1S/C23H16Br2N4O2/c24-17-11-16(22(30)20(25)12-17)13-26-27-23(31)19-14-29(18-9-5-2-6-10-18)28-21(19)15-7-3-1-4-8-15/h1-14,30H,(H,27,31). The number of aromatic nitrogens is 2. The van der Waals surface area contributed by atoms with Gasteiger partial charge in [0.2, 0.25) is 0 Å². The molecule has 0 bridgehead atoms. The molecule has 2 N–H and O–H groups in total. The Balaban J connectivity index is 1.65. The van der Waals surface area contributed by atoms with Crippen LogP contribution < -0.4 is 5.43 Å². The van der Waals surface area contributed by atoms with Crippen molar-refractivity contribution in [3.05, 3.63) is 99.1 Å². The summed E-state index contributed by atoms with van der Waals surface area (Å²) in [6.45, 7) is 0. The Kier molecular flexibility index (Phi) is 6.29. The van der Waals surface area contributed by atoms with E-state index in [1.165, 1.54) is 6.21 Å². The number of phenolic OH excluding ortho intramolecular Hbond substituents is 1. The van der Waals surface area contributed by atoms with Gasteiger partial charge in [-0.05, 0) is 40.2 Å². The fraction of sp³-hybridized carbons (Fsp3) is 0. The minimum absolute atomic E-state index is 0.0306. The molecule has 0 fully saturated rings. The van der Waals surface area contributed by atoms with E-state index < -0.39 is 5.91 Å². The zero-order valence-electron chi connectivity index (χ0n) is 16.0. The summed E-state index contributed by atoms with van der Waals surface area (Å²) in [5.74, 6) is -0.381. The number of nitrogens with zero attached hydrogens (tertiary/aromatic N) is 3. The topological polar surface area (TPSA) is 79.5 Å². The normalized spacial score (nSPS) is 11.0. The van der Waals surface area contributed by atoms with Crippen LogP contribution >= 0.6 is 31.9 Å². The number of phenols is 1. The summed E-state index contributed by atoms with van der Waals surface area (Å²) in [5.41, 5.74) is 5.56. The van der Waals surface area contributed by atoms with Gasteiger partial charge in [-0.1, -0.05) is 64.5 Å². The molecule has 1 amide bonds. The van der Waals surface area contributed by atoms with Crippen LogP contribution in [-0.2, 0) is 0 Å². The van der Waals surface area contributed by atoms with Crippen molar-refractivity contribution < 1.29 is 9.90 Å². The summed E-state index contributed by atoms with van der Waals surface area (Å²) in [6.07, 6.45) is 3.06. The molecule has 0 unspecified atom stereocenters. The molecule has 0 atom stereocenters. The molecule has 3 aromatic carbocycles. The lowest BCUT2D eigenvalue weighted by Crippen LogP contribution is -2.18. The Morgan fingerprint density at radius 3 is 2.42 bits per heavy atom. The molecular weight excluding hydrogens is 524 g/mol. The number of benzene rings is 3.